The quantitative estimate of drug-likeness (QED) is 0.674. The smallest absolute Gasteiger partial charge is 0.338 e. The summed E-state index contributed by atoms with van der Waals surface area (Å²) in [5.74, 6) is 0.885. The number of benzene rings is 2. The second kappa shape index (κ2) is 5.91. The molecule has 0 saturated carbocycles. The summed E-state index contributed by atoms with van der Waals surface area (Å²) in [5, 5.41) is 0. The molecule has 0 spiro atoms. The molecule has 2 aromatic rings. The van der Waals surface area contributed by atoms with E-state index in [4.69, 9.17) is 15.2 Å². The summed E-state index contributed by atoms with van der Waals surface area (Å²) in [6.07, 6.45) is 0. The van der Waals surface area contributed by atoms with Crippen molar-refractivity contribution in [3.05, 3.63) is 54.1 Å². The van der Waals surface area contributed by atoms with E-state index in [2.05, 4.69) is 0 Å². The van der Waals surface area contributed by atoms with Gasteiger partial charge in [-0.15, -0.1) is 0 Å². The topological polar surface area (TPSA) is 61.5 Å². The molecule has 0 unspecified atom stereocenters. The molecule has 0 aliphatic heterocycles. The van der Waals surface area contributed by atoms with Crippen molar-refractivity contribution in [2.45, 2.75) is 6.92 Å². The Kier molecular flexibility index (Phi) is 4.03. The van der Waals surface area contributed by atoms with Gasteiger partial charge in [-0.05, 0) is 49.4 Å². The van der Waals surface area contributed by atoms with Crippen molar-refractivity contribution in [2.24, 2.45) is 0 Å². The summed E-state index contributed by atoms with van der Waals surface area (Å²) in [6, 6.07) is 13.9. The van der Waals surface area contributed by atoms with Crippen LogP contribution in [-0.2, 0) is 4.74 Å². The monoisotopic (exact) mass is 257 g/mol. The van der Waals surface area contributed by atoms with Crippen LogP contribution in [0.2, 0.25) is 0 Å². The molecule has 2 N–H and O–H groups in total. The van der Waals surface area contributed by atoms with Gasteiger partial charge in [-0.3, -0.25) is 0 Å². The lowest BCUT2D eigenvalue weighted by Crippen LogP contribution is -2.04. The van der Waals surface area contributed by atoms with Crippen LogP contribution >= 0.6 is 0 Å². The molecule has 0 bridgehead atoms. The Morgan fingerprint density at radius 2 is 1.84 bits per heavy atom. The van der Waals surface area contributed by atoms with Gasteiger partial charge in [0.2, 0.25) is 0 Å². The van der Waals surface area contributed by atoms with E-state index < -0.39 is 0 Å². The SMILES string of the molecule is CCOC(=O)c1cccc(Oc2ccc(N)cc2)c1. The highest BCUT2D eigenvalue weighted by atomic mass is 16.5. The highest BCUT2D eigenvalue weighted by Gasteiger charge is 2.07. The maximum atomic E-state index is 11.6. The number of carbonyl (C=O) groups is 1. The first-order valence-corrected chi connectivity index (χ1v) is 5.99. The second-order valence-corrected chi connectivity index (χ2v) is 3.92. The third-order valence-electron chi connectivity index (χ3n) is 2.46. The highest BCUT2D eigenvalue weighted by molar-refractivity contribution is 5.89. The molecule has 0 heterocycles. The molecule has 0 aromatic heterocycles. The van der Waals surface area contributed by atoms with Gasteiger partial charge in [0.15, 0.2) is 0 Å². The number of hydrogen-bond acceptors (Lipinski definition) is 4. The summed E-state index contributed by atoms with van der Waals surface area (Å²) in [7, 11) is 0. The first kappa shape index (κ1) is 13.0. The van der Waals surface area contributed by atoms with Gasteiger partial charge in [-0.1, -0.05) is 6.07 Å². The lowest BCUT2D eigenvalue weighted by molar-refractivity contribution is 0.0526. The third kappa shape index (κ3) is 3.48. The molecule has 0 aliphatic carbocycles. The van der Waals surface area contributed by atoms with Crippen LogP contribution in [0.25, 0.3) is 0 Å². The van der Waals surface area contributed by atoms with Crippen LogP contribution in [-0.4, -0.2) is 12.6 Å². The molecule has 4 heteroatoms. The maximum absolute atomic E-state index is 11.6. The van der Waals surface area contributed by atoms with Gasteiger partial charge >= 0.3 is 5.97 Å². The number of carbonyl (C=O) groups excluding carboxylic acids is 1. The van der Waals surface area contributed by atoms with Crippen LogP contribution < -0.4 is 10.5 Å². The Morgan fingerprint density at radius 1 is 1.11 bits per heavy atom. The van der Waals surface area contributed by atoms with Crippen molar-refractivity contribution in [3.8, 4) is 11.5 Å². The molecule has 0 fully saturated rings. The molecule has 0 saturated heterocycles. The Morgan fingerprint density at radius 3 is 2.53 bits per heavy atom. The summed E-state index contributed by atoms with van der Waals surface area (Å²) in [5.41, 5.74) is 6.74. The first-order chi connectivity index (χ1) is 9.19. The highest BCUT2D eigenvalue weighted by Crippen LogP contribution is 2.23. The number of esters is 1. The van der Waals surface area contributed by atoms with Gasteiger partial charge in [0, 0.05) is 5.69 Å². The van der Waals surface area contributed by atoms with Crippen molar-refractivity contribution in [1.82, 2.24) is 0 Å². The van der Waals surface area contributed by atoms with Crippen molar-refractivity contribution in [1.29, 1.82) is 0 Å². The fourth-order valence-electron chi connectivity index (χ4n) is 1.57. The molecule has 0 amide bonds. The van der Waals surface area contributed by atoms with Crippen LogP contribution in [0.1, 0.15) is 17.3 Å². The van der Waals surface area contributed by atoms with E-state index in [1.54, 1.807) is 55.5 Å². The van der Waals surface area contributed by atoms with Gasteiger partial charge < -0.3 is 15.2 Å². The minimum Gasteiger partial charge on any atom is -0.462 e. The van der Waals surface area contributed by atoms with E-state index in [-0.39, 0.29) is 5.97 Å². The average molecular weight is 257 g/mol. The van der Waals surface area contributed by atoms with Crippen LogP contribution in [0.15, 0.2) is 48.5 Å². The Balaban J connectivity index is 2.15. The molecule has 0 radical (unpaired) electrons. The predicted octanol–water partition coefficient (Wildman–Crippen LogP) is 3.24. The van der Waals surface area contributed by atoms with Gasteiger partial charge in [0.05, 0.1) is 12.2 Å². The zero-order chi connectivity index (χ0) is 13.7. The van der Waals surface area contributed by atoms with Crippen molar-refractivity contribution in [2.75, 3.05) is 12.3 Å². The molecule has 2 rings (SSSR count). The van der Waals surface area contributed by atoms with E-state index in [1.807, 2.05) is 0 Å². The summed E-state index contributed by atoms with van der Waals surface area (Å²) >= 11 is 0. The maximum Gasteiger partial charge on any atom is 0.338 e. The van der Waals surface area contributed by atoms with Gasteiger partial charge in [0.25, 0.3) is 0 Å². The fraction of sp³-hybridized carbons (Fsp3) is 0.133. The molecule has 0 atom stereocenters. The average Bonchev–Trinajstić information content (AvgIpc) is 2.42. The van der Waals surface area contributed by atoms with Gasteiger partial charge in [-0.25, -0.2) is 4.79 Å². The summed E-state index contributed by atoms with van der Waals surface area (Å²) in [4.78, 5) is 11.6. The number of hydrogen-bond donors (Lipinski definition) is 1. The standard InChI is InChI=1S/C15H15NO3/c1-2-18-15(17)11-4-3-5-14(10-11)19-13-8-6-12(16)7-9-13/h3-10H,2,16H2,1H3. The zero-order valence-corrected chi connectivity index (χ0v) is 10.6. The van der Waals surface area contributed by atoms with E-state index in [9.17, 15) is 4.79 Å². The molecule has 98 valence electrons. The van der Waals surface area contributed by atoms with E-state index in [0.717, 1.165) is 0 Å². The van der Waals surface area contributed by atoms with Crippen LogP contribution in [0.5, 0.6) is 11.5 Å². The summed E-state index contributed by atoms with van der Waals surface area (Å²) in [6.45, 7) is 2.12. The number of anilines is 1. The number of nitrogens with two attached hydrogens (primary N) is 1. The van der Waals surface area contributed by atoms with Crippen molar-refractivity contribution in [3.63, 3.8) is 0 Å². The molecular weight excluding hydrogens is 242 g/mol. The zero-order valence-electron chi connectivity index (χ0n) is 10.6. The predicted molar refractivity (Wildman–Crippen MR) is 73.3 cm³/mol. The lowest BCUT2D eigenvalue weighted by Gasteiger charge is -2.07. The van der Waals surface area contributed by atoms with Crippen LogP contribution in [0.4, 0.5) is 5.69 Å². The van der Waals surface area contributed by atoms with Gasteiger partial charge in [0.1, 0.15) is 11.5 Å². The first-order valence-electron chi connectivity index (χ1n) is 5.99. The Bertz CT molecular complexity index is 564. The minimum atomic E-state index is -0.356. The molecule has 0 aliphatic rings. The van der Waals surface area contributed by atoms with Gasteiger partial charge in [-0.2, -0.15) is 0 Å². The lowest BCUT2D eigenvalue weighted by atomic mass is 10.2. The second-order valence-electron chi connectivity index (χ2n) is 3.92. The number of rotatable bonds is 4. The normalized spacial score (nSPS) is 9.95. The Labute approximate surface area is 111 Å². The number of ether oxygens (including phenoxy) is 2. The van der Waals surface area contributed by atoms with Crippen LogP contribution in [0.3, 0.4) is 0 Å². The van der Waals surface area contributed by atoms with Crippen molar-refractivity contribution < 1.29 is 14.3 Å². The van der Waals surface area contributed by atoms with E-state index >= 15 is 0 Å². The molecule has 19 heavy (non-hydrogen) atoms. The van der Waals surface area contributed by atoms with Crippen LogP contribution in [0, 0.1) is 0 Å². The third-order valence-corrected chi connectivity index (χ3v) is 2.46. The summed E-state index contributed by atoms with van der Waals surface area (Å²) < 4.78 is 10.6. The van der Waals surface area contributed by atoms with Crippen molar-refractivity contribution >= 4 is 11.7 Å². The fourth-order valence-corrected chi connectivity index (χ4v) is 1.57. The minimum absolute atomic E-state index is 0.349. The number of nitrogen functional groups attached to an aromatic ring is 1. The largest absolute Gasteiger partial charge is 0.462 e. The molecule has 4 nitrogen and oxygen atoms in total. The van der Waals surface area contributed by atoms with E-state index in [1.165, 1.54) is 0 Å². The Hall–Kier alpha value is -2.49. The van der Waals surface area contributed by atoms with E-state index in [0.29, 0.717) is 29.4 Å². The molecular formula is C15H15NO3. The molecule has 2 aromatic carbocycles.